The minimum atomic E-state index is -0.0105. The molecule has 26 heavy (non-hydrogen) atoms. The number of benzene rings is 1. The standard InChI is InChI=1S/C20H22N4O2/c1-13-5-6-15-14(12-26-18(15)8-13)9-20(25)24-7-3-4-17(24)16-10-22-11-19(21-2)23-16/h5-6,8,10-12,17H,3-4,7,9H2,1-2H3,(H,21,23)/t17-/m1/s1. The molecule has 1 N–H and O–H groups in total. The smallest absolute Gasteiger partial charge is 0.227 e. The Morgan fingerprint density at radius 1 is 1.38 bits per heavy atom. The van der Waals surface area contributed by atoms with Crippen molar-refractivity contribution in [3.05, 3.63) is 53.7 Å². The van der Waals surface area contributed by atoms with Gasteiger partial charge < -0.3 is 14.6 Å². The second kappa shape index (κ2) is 6.78. The molecule has 0 bridgehead atoms. The molecule has 1 saturated heterocycles. The van der Waals surface area contributed by atoms with Crippen LogP contribution in [0.3, 0.4) is 0 Å². The van der Waals surface area contributed by atoms with Crippen molar-refractivity contribution in [2.45, 2.75) is 32.2 Å². The normalized spacial score (nSPS) is 17.0. The van der Waals surface area contributed by atoms with Crippen molar-refractivity contribution >= 4 is 22.7 Å². The van der Waals surface area contributed by atoms with Gasteiger partial charge in [-0.1, -0.05) is 12.1 Å². The number of carbonyl (C=O) groups excluding carboxylic acids is 1. The fourth-order valence-corrected chi connectivity index (χ4v) is 3.63. The average molecular weight is 350 g/mol. The molecule has 6 nitrogen and oxygen atoms in total. The van der Waals surface area contributed by atoms with E-state index in [1.54, 1.807) is 18.7 Å². The maximum Gasteiger partial charge on any atom is 0.227 e. The number of rotatable bonds is 4. The molecule has 1 aliphatic heterocycles. The molecule has 1 aromatic carbocycles. The van der Waals surface area contributed by atoms with Crippen LogP contribution in [-0.4, -0.2) is 34.4 Å². The maximum absolute atomic E-state index is 13.0. The molecule has 6 heteroatoms. The third-order valence-electron chi connectivity index (χ3n) is 4.98. The molecule has 4 rings (SSSR count). The Kier molecular flexibility index (Phi) is 4.32. The highest BCUT2D eigenvalue weighted by Crippen LogP contribution is 2.32. The summed E-state index contributed by atoms with van der Waals surface area (Å²) in [6, 6.07) is 6.06. The molecule has 1 amide bonds. The maximum atomic E-state index is 13.0. The lowest BCUT2D eigenvalue weighted by atomic mass is 10.1. The number of nitrogens with zero attached hydrogens (tertiary/aromatic N) is 3. The third-order valence-corrected chi connectivity index (χ3v) is 4.98. The van der Waals surface area contributed by atoms with Gasteiger partial charge in [0.05, 0.1) is 36.8 Å². The predicted octanol–water partition coefficient (Wildman–Crippen LogP) is 3.48. The van der Waals surface area contributed by atoms with E-state index in [1.165, 1.54) is 0 Å². The Morgan fingerprint density at radius 2 is 2.27 bits per heavy atom. The van der Waals surface area contributed by atoms with Crippen LogP contribution < -0.4 is 5.32 Å². The number of fused-ring (bicyclic) bond motifs is 1. The zero-order valence-electron chi connectivity index (χ0n) is 15.0. The first-order valence-electron chi connectivity index (χ1n) is 8.91. The van der Waals surface area contributed by atoms with Crippen LogP contribution in [0.5, 0.6) is 0 Å². The molecule has 1 fully saturated rings. The molecular formula is C20H22N4O2. The summed E-state index contributed by atoms with van der Waals surface area (Å²) < 4.78 is 5.63. The van der Waals surface area contributed by atoms with E-state index in [1.807, 2.05) is 37.1 Å². The Morgan fingerprint density at radius 3 is 3.12 bits per heavy atom. The molecule has 1 atom stereocenters. The van der Waals surface area contributed by atoms with Crippen molar-refractivity contribution < 1.29 is 9.21 Å². The number of hydrogen-bond acceptors (Lipinski definition) is 5. The van der Waals surface area contributed by atoms with E-state index in [0.29, 0.717) is 6.42 Å². The van der Waals surface area contributed by atoms with Gasteiger partial charge in [-0.2, -0.15) is 0 Å². The summed E-state index contributed by atoms with van der Waals surface area (Å²) in [6.45, 7) is 2.78. The Bertz CT molecular complexity index is 950. The van der Waals surface area contributed by atoms with Crippen LogP contribution in [0.1, 0.15) is 35.7 Å². The average Bonchev–Trinajstić information content (AvgIpc) is 3.29. The van der Waals surface area contributed by atoms with Crippen LogP contribution in [0.4, 0.5) is 5.82 Å². The summed E-state index contributed by atoms with van der Waals surface area (Å²) >= 11 is 0. The molecule has 3 heterocycles. The fraction of sp³-hybridized carbons (Fsp3) is 0.350. The van der Waals surface area contributed by atoms with Crippen molar-refractivity contribution in [2.75, 3.05) is 18.9 Å². The van der Waals surface area contributed by atoms with Gasteiger partial charge in [-0.15, -0.1) is 0 Å². The quantitative estimate of drug-likeness (QED) is 0.780. The summed E-state index contributed by atoms with van der Waals surface area (Å²) in [5, 5.41) is 4.02. The van der Waals surface area contributed by atoms with Gasteiger partial charge in [0.15, 0.2) is 0 Å². The molecule has 0 aliphatic carbocycles. The first-order chi connectivity index (χ1) is 12.7. The minimum Gasteiger partial charge on any atom is -0.464 e. The SMILES string of the molecule is CNc1cncc([C@H]2CCCN2C(=O)Cc2coc3cc(C)ccc23)n1. The van der Waals surface area contributed by atoms with Crippen molar-refractivity contribution in [3.63, 3.8) is 0 Å². The van der Waals surface area contributed by atoms with E-state index >= 15 is 0 Å². The summed E-state index contributed by atoms with van der Waals surface area (Å²) in [4.78, 5) is 23.7. The van der Waals surface area contributed by atoms with Gasteiger partial charge in [0.2, 0.25) is 5.91 Å². The number of furan rings is 1. The minimum absolute atomic E-state index is 0.0105. The number of carbonyl (C=O) groups is 1. The van der Waals surface area contributed by atoms with Crippen LogP contribution in [0.25, 0.3) is 11.0 Å². The number of nitrogens with one attached hydrogen (secondary N) is 1. The second-order valence-electron chi connectivity index (χ2n) is 6.76. The molecular weight excluding hydrogens is 328 g/mol. The predicted molar refractivity (Wildman–Crippen MR) is 99.9 cm³/mol. The highest BCUT2D eigenvalue weighted by Gasteiger charge is 2.31. The lowest BCUT2D eigenvalue weighted by Gasteiger charge is -2.24. The molecule has 0 unspecified atom stereocenters. The number of likely N-dealkylation sites (tertiary alicyclic amines) is 1. The van der Waals surface area contributed by atoms with Crippen molar-refractivity contribution in [3.8, 4) is 0 Å². The van der Waals surface area contributed by atoms with Crippen LogP contribution in [0.15, 0.2) is 41.3 Å². The Labute approximate surface area is 152 Å². The van der Waals surface area contributed by atoms with E-state index < -0.39 is 0 Å². The number of anilines is 1. The van der Waals surface area contributed by atoms with Crippen molar-refractivity contribution in [1.82, 2.24) is 14.9 Å². The number of aryl methyl sites for hydroxylation is 1. The van der Waals surface area contributed by atoms with Crippen LogP contribution >= 0.6 is 0 Å². The fourth-order valence-electron chi connectivity index (χ4n) is 3.63. The van der Waals surface area contributed by atoms with E-state index in [-0.39, 0.29) is 11.9 Å². The monoisotopic (exact) mass is 350 g/mol. The number of aromatic nitrogens is 2. The summed E-state index contributed by atoms with van der Waals surface area (Å²) in [5.74, 6) is 0.824. The van der Waals surface area contributed by atoms with Crippen molar-refractivity contribution in [2.24, 2.45) is 0 Å². The highest BCUT2D eigenvalue weighted by molar-refractivity contribution is 5.88. The van der Waals surface area contributed by atoms with E-state index in [2.05, 4.69) is 15.3 Å². The van der Waals surface area contributed by atoms with Crippen LogP contribution in [0, 0.1) is 6.92 Å². The van der Waals surface area contributed by atoms with Gasteiger partial charge in [0, 0.05) is 24.5 Å². The molecule has 2 aromatic heterocycles. The topological polar surface area (TPSA) is 71.3 Å². The van der Waals surface area contributed by atoms with E-state index in [9.17, 15) is 4.79 Å². The van der Waals surface area contributed by atoms with Crippen LogP contribution in [-0.2, 0) is 11.2 Å². The second-order valence-corrected chi connectivity index (χ2v) is 6.76. The third kappa shape index (κ3) is 3.03. The van der Waals surface area contributed by atoms with Gasteiger partial charge in [0.1, 0.15) is 11.4 Å². The largest absolute Gasteiger partial charge is 0.464 e. The van der Waals surface area contributed by atoms with E-state index in [0.717, 1.165) is 53.0 Å². The summed E-state index contributed by atoms with van der Waals surface area (Å²) in [7, 11) is 1.82. The summed E-state index contributed by atoms with van der Waals surface area (Å²) in [6.07, 6.45) is 7.38. The number of hydrogen-bond donors (Lipinski definition) is 1. The lowest BCUT2D eigenvalue weighted by molar-refractivity contribution is -0.131. The molecule has 1 aliphatic rings. The zero-order valence-corrected chi connectivity index (χ0v) is 15.0. The van der Waals surface area contributed by atoms with Crippen molar-refractivity contribution in [1.29, 1.82) is 0 Å². The van der Waals surface area contributed by atoms with Gasteiger partial charge in [-0.25, -0.2) is 4.98 Å². The zero-order chi connectivity index (χ0) is 18.1. The molecule has 134 valence electrons. The molecule has 0 radical (unpaired) electrons. The molecule has 0 spiro atoms. The number of amides is 1. The van der Waals surface area contributed by atoms with E-state index in [4.69, 9.17) is 4.42 Å². The Balaban J connectivity index is 1.56. The molecule has 0 saturated carbocycles. The first-order valence-corrected chi connectivity index (χ1v) is 8.91. The highest BCUT2D eigenvalue weighted by atomic mass is 16.3. The van der Waals surface area contributed by atoms with Gasteiger partial charge in [-0.3, -0.25) is 9.78 Å². The first kappa shape index (κ1) is 16.6. The Hall–Kier alpha value is -2.89. The molecule has 3 aromatic rings. The van der Waals surface area contributed by atoms with Gasteiger partial charge >= 0.3 is 0 Å². The van der Waals surface area contributed by atoms with Crippen LogP contribution in [0.2, 0.25) is 0 Å². The lowest BCUT2D eigenvalue weighted by Crippen LogP contribution is -2.32. The summed E-state index contributed by atoms with van der Waals surface area (Å²) in [5.41, 5.74) is 3.76. The van der Waals surface area contributed by atoms with Gasteiger partial charge in [-0.05, 0) is 31.4 Å². The van der Waals surface area contributed by atoms with Gasteiger partial charge in [0.25, 0.3) is 0 Å².